The maximum Gasteiger partial charge on any atom is 0.326 e. The van der Waals surface area contributed by atoms with Crippen LogP contribution in [0.5, 0.6) is 5.75 Å². The summed E-state index contributed by atoms with van der Waals surface area (Å²) in [6.07, 6.45) is 6.34. The molecule has 0 saturated heterocycles. The van der Waals surface area contributed by atoms with Crippen LogP contribution >= 0.6 is 0 Å². The zero-order valence-corrected chi connectivity index (χ0v) is 18.2. The predicted octanol–water partition coefficient (Wildman–Crippen LogP) is 5.69. The number of urea groups is 1. The van der Waals surface area contributed by atoms with Crippen molar-refractivity contribution in [1.82, 2.24) is 4.90 Å². The second-order valence-corrected chi connectivity index (χ2v) is 7.42. The lowest BCUT2D eigenvalue weighted by Gasteiger charge is -2.19. The van der Waals surface area contributed by atoms with E-state index in [0.29, 0.717) is 12.3 Å². The van der Waals surface area contributed by atoms with Crippen molar-refractivity contribution in [2.75, 3.05) is 44.0 Å². The molecular formula is C24H31F2N3O2. The number of benzene rings is 2. The Hall–Kier alpha value is -2.93. The number of carbonyl (C=O) groups is 1. The SMILES string of the molecule is C=CCN(C)CCCCCCOc1ccc(N(C)C(=O)Nc2ccc(F)cc2F)cc1. The molecule has 0 heterocycles. The van der Waals surface area contributed by atoms with Crippen LogP contribution in [0, 0.1) is 11.6 Å². The molecule has 0 atom stereocenters. The van der Waals surface area contributed by atoms with E-state index in [0.717, 1.165) is 50.2 Å². The summed E-state index contributed by atoms with van der Waals surface area (Å²) in [5.74, 6) is -0.794. The minimum absolute atomic E-state index is 0.0782. The number of ether oxygens (including phenoxy) is 1. The van der Waals surface area contributed by atoms with Gasteiger partial charge in [0.2, 0.25) is 0 Å². The lowest BCUT2D eigenvalue weighted by atomic mass is 10.2. The number of hydrogen-bond acceptors (Lipinski definition) is 3. The van der Waals surface area contributed by atoms with Gasteiger partial charge in [-0.25, -0.2) is 13.6 Å². The number of unbranched alkanes of at least 4 members (excludes halogenated alkanes) is 3. The number of likely N-dealkylation sites (N-methyl/N-ethyl adjacent to an activating group) is 1. The first-order valence-corrected chi connectivity index (χ1v) is 10.4. The van der Waals surface area contributed by atoms with Gasteiger partial charge in [-0.1, -0.05) is 18.9 Å². The van der Waals surface area contributed by atoms with Crippen molar-refractivity contribution in [2.24, 2.45) is 0 Å². The number of halogens is 2. The topological polar surface area (TPSA) is 44.8 Å². The van der Waals surface area contributed by atoms with Crippen molar-refractivity contribution in [3.05, 3.63) is 66.8 Å². The molecule has 2 aromatic rings. The van der Waals surface area contributed by atoms with Gasteiger partial charge in [-0.3, -0.25) is 4.90 Å². The molecular weight excluding hydrogens is 400 g/mol. The molecule has 168 valence electrons. The third kappa shape index (κ3) is 8.38. The largest absolute Gasteiger partial charge is 0.494 e. The summed E-state index contributed by atoms with van der Waals surface area (Å²) in [5.41, 5.74) is 0.543. The van der Waals surface area contributed by atoms with Gasteiger partial charge in [-0.05, 0) is 62.8 Å². The van der Waals surface area contributed by atoms with E-state index in [1.807, 2.05) is 6.08 Å². The quantitative estimate of drug-likeness (QED) is 0.347. The van der Waals surface area contributed by atoms with Gasteiger partial charge >= 0.3 is 6.03 Å². The Kier molecular flexibility index (Phi) is 9.97. The highest BCUT2D eigenvalue weighted by Gasteiger charge is 2.13. The first-order chi connectivity index (χ1) is 14.9. The Balaban J connectivity index is 1.71. The van der Waals surface area contributed by atoms with E-state index in [2.05, 4.69) is 23.8 Å². The number of hydrogen-bond donors (Lipinski definition) is 1. The highest BCUT2D eigenvalue weighted by atomic mass is 19.1. The van der Waals surface area contributed by atoms with Gasteiger partial charge in [-0.15, -0.1) is 6.58 Å². The number of rotatable bonds is 12. The summed E-state index contributed by atoms with van der Waals surface area (Å²) in [4.78, 5) is 15.9. The van der Waals surface area contributed by atoms with E-state index < -0.39 is 17.7 Å². The number of carbonyl (C=O) groups excluding carboxylic acids is 1. The summed E-state index contributed by atoms with van der Waals surface area (Å²) in [5, 5.41) is 2.43. The summed E-state index contributed by atoms with van der Waals surface area (Å²) in [7, 11) is 3.66. The van der Waals surface area contributed by atoms with Gasteiger partial charge in [0.15, 0.2) is 0 Å². The Labute approximate surface area is 183 Å². The lowest BCUT2D eigenvalue weighted by Crippen LogP contribution is -2.31. The predicted molar refractivity (Wildman–Crippen MR) is 122 cm³/mol. The third-order valence-electron chi connectivity index (χ3n) is 4.85. The first-order valence-electron chi connectivity index (χ1n) is 10.4. The molecule has 5 nitrogen and oxygen atoms in total. The molecule has 0 spiro atoms. The van der Waals surface area contributed by atoms with Crippen molar-refractivity contribution in [2.45, 2.75) is 25.7 Å². The average molecular weight is 432 g/mol. The number of anilines is 2. The highest BCUT2D eigenvalue weighted by Crippen LogP contribution is 2.21. The average Bonchev–Trinajstić information content (AvgIpc) is 2.75. The van der Waals surface area contributed by atoms with Crippen LogP contribution in [-0.2, 0) is 0 Å². The summed E-state index contributed by atoms with van der Waals surface area (Å²) < 4.78 is 32.5. The van der Waals surface area contributed by atoms with Gasteiger partial charge in [0.05, 0.1) is 12.3 Å². The fourth-order valence-corrected chi connectivity index (χ4v) is 3.01. The molecule has 2 rings (SSSR count). The van der Waals surface area contributed by atoms with Crippen LogP contribution in [0.15, 0.2) is 55.1 Å². The summed E-state index contributed by atoms with van der Waals surface area (Å²) in [6.45, 7) is 6.37. The van der Waals surface area contributed by atoms with Crippen LogP contribution in [0.1, 0.15) is 25.7 Å². The number of nitrogens with zero attached hydrogens (tertiary/aromatic N) is 2. The zero-order chi connectivity index (χ0) is 22.6. The standard InChI is InChI=1S/C24H31F2N3O2/c1-4-15-28(2)16-7-5-6-8-17-31-21-12-10-20(11-13-21)29(3)24(30)27-23-14-9-19(25)18-22(23)26/h4,9-14,18H,1,5-8,15-17H2,2-3H3,(H,27,30). The molecule has 7 heteroatoms. The van der Waals surface area contributed by atoms with Crippen LogP contribution in [0.2, 0.25) is 0 Å². The molecule has 0 aromatic heterocycles. The maximum atomic E-state index is 13.7. The summed E-state index contributed by atoms with van der Waals surface area (Å²) in [6, 6.07) is 9.57. The van der Waals surface area contributed by atoms with Gasteiger partial charge in [0, 0.05) is 25.3 Å². The van der Waals surface area contributed by atoms with Gasteiger partial charge in [-0.2, -0.15) is 0 Å². The first kappa shape index (κ1) is 24.3. The van der Waals surface area contributed by atoms with Gasteiger partial charge in [0.25, 0.3) is 0 Å². The molecule has 0 aliphatic rings. The van der Waals surface area contributed by atoms with E-state index in [9.17, 15) is 13.6 Å². The van der Waals surface area contributed by atoms with Gasteiger partial charge < -0.3 is 15.0 Å². The zero-order valence-electron chi connectivity index (χ0n) is 18.2. The molecule has 0 unspecified atom stereocenters. The van der Waals surface area contributed by atoms with Crippen LogP contribution < -0.4 is 15.0 Å². The summed E-state index contributed by atoms with van der Waals surface area (Å²) >= 11 is 0. The Morgan fingerprint density at radius 3 is 2.45 bits per heavy atom. The molecule has 2 aromatic carbocycles. The molecule has 0 fully saturated rings. The third-order valence-corrected chi connectivity index (χ3v) is 4.85. The van der Waals surface area contributed by atoms with Gasteiger partial charge in [0.1, 0.15) is 17.4 Å². The fourth-order valence-electron chi connectivity index (χ4n) is 3.01. The fraction of sp³-hybridized carbons (Fsp3) is 0.375. The maximum absolute atomic E-state index is 13.7. The van der Waals surface area contributed by atoms with E-state index in [1.54, 1.807) is 31.3 Å². The smallest absolute Gasteiger partial charge is 0.326 e. The van der Waals surface area contributed by atoms with E-state index >= 15 is 0 Å². The Bertz CT molecular complexity index is 843. The van der Waals surface area contributed by atoms with Crippen molar-refractivity contribution in [3.63, 3.8) is 0 Å². The number of amides is 2. The normalized spacial score (nSPS) is 10.7. The molecule has 0 radical (unpaired) electrons. The molecule has 0 bridgehead atoms. The number of nitrogens with one attached hydrogen (secondary N) is 1. The van der Waals surface area contributed by atoms with E-state index in [1.165, 1.54) is 17.4 Å². The second kappa shape index (κ2) is 12.7. The van der Waals surface area contributed by atoms with Crippen LogP contribution in [-0.4, -0.2) is 44.7 Å². The second-order valence-electron chi connectivity index (χ2n) is 7.42. The highest BCUT2D eigenvalue weighted by molar-refractivity contribution is 6.01. The molecule has 31 heavy (non-hydrogen) atoms. The van der Waals surface area contributed by atoms with E-state index in [-0.39, 0.29) is 5.69 Å². The minimum atomic E-state index is -0.825. The van der Waals surface area contributed by atoms with E-state index in [4.69, 9.17) is 4.74 Å². The van der Waals surface area contributed by atoms with Crippen molar-refractivity contribution in [3.8, 4) is 5.75 Å². The molecule has 1 N–H and O–H groups in total. The molecule has 0 aliphatic carbocycles. The Morgan fingerprint density at radius 1 is 1.06 bits per heavy atom. The van der Waals surface area contributed by atoms with Crippen LogP contribution in [0.4, 0.5) is 25.0 Å². The van der Waals surface area contributed by atoms with Crippen LogP contribution in [0.3, 0.4) is 0 Å². The monoisotopic (exact) mass is 431 g/mol. The molecule has 0 aliphatic heterocycles. The van der Waals surface area contributed by atoms with Crippen LogP contribution in [0.25, 0.3) is 0 Å². The molecule has 0 saturated carbocycles. The minimum Gasteiger partial charge on any atom is -0.494 e. The Morgan fingerprint density at radius 2 is 1.77 bits per heavy atom. The molecule has 2 amide bonds. The van der Waals surface area contributed by atoms with Crippen molar-refractivity contribution in [1.29, 1.82) is 0 Å². The van der Waals surface area contributed by atoms with Crippen molar-refractivity contribution < 1.29 is 18.3 Å². The van der Waals surface area contributed by atoms with Crippen molar-refractivity contribution >= 4 is 17.4 Å². The lowest BCUT2D eigenvalue weighted by molar-refractivity contribution is 0.258.